The van der Waals surface area contributed by atoms with E-state index in [0.29, 0.717) is 45.2 Å². The van der Waals surface area contributed by atoms with E-state index in [1.54, 1.807) is 0 Å². The predicted octanol–water partition coefficient (Wildman–Crippen LogP) is -2.76. The topological polar surface area (TPSA) is 302 Å². The Kier molecular flexibility index (Phi) is 18.6. The van der Waals surface area contributed by atoms with Crippen molar-refractivity contribution in [2.75, 3.05) is 19.6 Å². The molecule has 0 unspecified atom stereocenters. The summed E-state index contributed by atoms with van der Waals surface area (Å²) in [7, 11) is 0. The van der Waals surface area contributed by atoms with Gasteiger partial charge in [-0.1, -0.05) is 0 Å². The van der Waals surface area contributed by atoms with E-state index < -0.39 is 53.8 Å². The van der Waals surface area contributed by atoms with Crippen molar-refractivity contribution in [3.8, 4) is 0 Å². The highest BCUT2D eigenvalue weighted by Crippen LogP contribution is 2.07. The third kappa shape index (κ3) is 16.9. The van der Waals surface area contributed by atoms with Gasteiger partial charge in [-0.2, -0.15) is 0 Å². The van der Waals surface area contributed by atoms with Crippen LogP contribution < -0.4 is 44.2 Å². The lowest BCUT2D eigenvalue weighted by atomic mass is 10.0. The monoisotopic (exact) mass is 559 g/mol. The summed E-state index contributed by atoms with van der Waals surface area (Å²) in [6, 6.07) is -4.60. The molecule has 39 heavy (non-hydrogen) atoms. The Hall–Kier alpha value is -3.50. The van der Waals surface area contributed by atoms with Gasteiger partial charge in [-0.05, 0) is 70.9 Å². The first-order valence-corrected chi connectivity index (χ1v) is 13.0. The van der Waals surface area contributed by atoms with Gasteiger partial charge in [-0.25, -0.2) is 4.79 Å². The van der Waals surface area contributed by atoms with Gasteiger partial charge in [-0.15, -0.1) is 0 Å². The Bertz CT molecular complexity index is 813. The molecule has 0 fully saturated rings. The molecule has 0 aromatic carbocycles. The van der Waals surface area contributed by atoms with Crippen molar-refractivity contribution in [1.82, 2.24) is 21.3 Å². The van der Waals surface area contributed by atoms with Gasteiger partial charge in [-0.3, -0.25) is 24.6 Å². The van der Waals surface area contributed by atoms with Crippen LogP contribution in [-0.4, -0.2) is 89.6 Å². The average Bonchev–Trinajstić information content (AvgIpc) is 2.87. The minimum absolute atomic E-state index is 0.0780. The zero-order valence-electron chi connectivity index (χ0n) is 22.2. The number of hydrogen-bond donors (Lipinski definition) is 11. The zero-order valence-corrected chi connectivity index (χ0v) is 22.2. The number of aliphatic carboxylic acids is 2. The van der Waals surface area contributed by atoms with Crippen molar-refractivity contribution in [2.24, 2.45) is 22.9 Å². The van der Waals surface area contributed by atoms with Gasteiger partial charge in [0.1, 0.15) is 18.1 Å². The van der Waals surface area contributed by atoms with E-state index in [1.807, 2.05) is 0 Å². The van der Waals surface area contributed by atoms with E-state index in [2.05, 4.69) is 21.3 Å². The Morgan fingerprint density at radius 3 is 1.62 bits per heavy atom. The highest BCUT2D eigenvalue weighted by molar-refractivity contribution is 5.94. The number of carboxylic acids is 2. The Morgan fingerprint density at radius 1 is 0.692 bits per heavy atom. The van der Waals surface area contributed by atoms with Crippen LogP contribution in [0.15, 0.2) is 0 Å². The number of carboxylic acid groups (broad SMARTS) is 2. The third-order valence-electron chi connectivity index (χ3n) is 5.77. The summed E-state index contributed by atoms with van der Waals surface area (Å²) in [5, 5.41) is 35.7. The summed E-state index contributed by atoms with van der Waals surface area (Å²) in [5.41, 5.74) is 22.0. The molecule has 0 aliphatic carbocycles. The van der Waals surface area contributed by atoms with Crippen molar-refractivity contribution in [3.05, 3.63) is 0 Å². The van der Waals surface area contributed by atoms with Crippen molar-refractivity contribution < 1.29 is 34.2 Å². The van der Waals surface area contributed by atoms with Gasteiger partial charge in [0.25, 0.3) is 0 Å². The SMILES string of the molecule is N=C(N)NCCC[C@H](NC(=O)[C@H](CCCCN)NC(=O)[C@@H](N)CCC(=O)O)C(=O)N[C@@H](CCCCN)C(=O)O. The fourth-order valence-electron chi connectivity index (χ4n) is 3.54. The molecule has 0 aliphatic rings. The maximum absolute atomic E-state index is 13.2. The number of nitrogens with two attached hydrogens (primary N) is 4. The van der Waals surface area contributed by atoms with Crippen molar-refractivity contribution >= 4 is 35.6 Å². The van der Waals surface area contributed by atoms with Crippen molar-refractivity contribution in [1.29, 1.82) is 5.41 Å². The molecule has 224 valence electrons. The summed E-state index contributed by atoms with van der Waals surface area (Å²) in [4.78, 5) is 61.2. The number of amides is 3. The van der Waals surface area contributed by atoms with Crippen LogP contribution in [0.4, 0.5) is 0 Å². The van der Waals surface area contributed by atoms with Crippen LogP contribution in [0.25, 0.3) is 0 Å². The Balaban J connectivity index is 5.59. The highest BCUT2D eigenvalue weighted by Gasteiger charge is 2.30. The van der Waals surface area contributed by atoms with Crippen LogP contribution in [-0.2, 0) is 24.0 Å². The molecule has 0 radical (unpaired) electrons. The second-order valence-electron chi connectivity index (χ2n) is 9.11. The summed E-state index contributed by atoms with van der Waals surface area (Å²) >= 11 is 0. The second kappa shape index (κ2) is 20.5. The van der Waals surface area contributed by atoms with E-state index in [0.717, 1.165) is 0 Å². The van der Waals surface area contributed by atoms with Gasteiger partial charge in [0.05, 0.1) is 6.04 Å². The van der Waals surface area contributed by atoms with Crippen LogP contribution in [0.1, 0.15) is 64.2 Å². The van der Waals surface area contributed by atoms with Gasteiger partial charge in [0.15, 0.2) is 5.96 Å². The maximum Gasteiger partial charge on any atom is 0.326 e. The second-order valence-corrected chi connectivity index (χ2v) is 9.11. The smallest absolute Gasteiger partial charge is 0.326 e. The number of carbonyl (C=O) groups is 5. The fraction of sp³-hybridized carbons (Fsp3) is 0.739. The van der Waals surface area contributed by atoms with Gasteiger partial charge in [0, 0.05) is 13.0 Å². The molecule has 0 bridgehead atoms. The minimum Gasteiger partial charge on any atom is -0.481 e. The van der Waals surface area contributed by atoms with E-state index in [4.69, 9.17) is 33.5 Å². The van der Waals surface area contributed by atoms with Crippen molar-refractivity contribution in [2.45, 2.75) is 88.4 Å². The molecule has 16 heteroatoms. The summed E-state index contributed by atoms with van der Waals surface area (Å²) in [5.74, 6) is -4.76. The van der Waals surface area contributed by atoms with E-state index in [9.17, 15) is 29.1 Å². The molecule has 3 amide bonds. The minimum atomic E-state index is -1.23. The predicted molar refractivity (Wildman–Crippen MR) is 143 cm³/mol. The number of nitrogens with one attached hydrogen (secondary N) is 5. The van der Waals surface area contributed by atoms with E-state index in [1.165, 1.54) is 0 Å². The number of guanidine groups is 1. The molecule has 0 rings (SSSR count). The van der Waals surface area contributed by atoms with Crippen molar-refractivity contribution in [3.63, 3.8) is 0 Å². The van der Waals surface area contributed by atoms with Crippen LogP contribution in [0.3, 0.4) is 0 Å². The molecule has 0 saturated carbocycles. The lowest BCUT2D eigenvalue weighted by Gasteiger charge is -2.25. The Labute approximate surface area is 227 Å². The fourth-order valence-corrected chi connectivity index (χ4v) is 3.54. The normalized spacial score (nSPS) is 13.8. The number of carbonyl (C=O) groups excluding carboxylic acids is 3. The number of unbranched alkanes of at least 4 members (excludes halogenated alkanes) is 2. The van der Waals surface area contributed by atoms with E-state index >= 15 is 0 Å². The number of rotatable bonds is 22. The van der Waals surface area contributed by atoms with Gasteiger partial charge < -0.3 is 54.4 Å². The third-order valence-corrected chi connectivity index (χ3v) is 5.77. The highest BCUT2D eigenvalue weighted by atomic mass is 16.4. The zero-order chi connectivity index (χ0) is 29.8. The summed E-state index contributed by atoms with van der Waals surface area (Å²) in [6.45, 7) is 0.956. The lowest BCUT2D eigenvalue weighted by Crippen LogP contribution is -2.57. The van der Waals surface area contributed by atoms with Crippen LogP contribution >= 0.6 is 0 Å². The Morgan fingerprint density at radius 2 is 1.15 bits per heavy atom. The molecule has 0 heterocycles. The molecule has 4 atom stereocenters. The van der Waals surface area contributed by atoms with Gasteiger partial charge >= 0.3 is 11.9 Å². The van der Waals surface area contributed by atoms with Crippen LogP contribution in [0, 0.1) is 5.41 Å². The lowest BCUT2D eigenvalue weighted by molar-refractivity contribution is -0.142. The van der Waals surface area contributed by atoms with Crippen LogP contribution in [0.5, 0.6) is 0 Å². The van der Waals surface area contributed by atoms with E-state index in [-0.39, 0.29) is 44.6 Å². The molecule has 0 saturated heterocycles. The largest absolute Gasteiger partial charge is 0.481 e. The quantitative estimate of drug-likeness (QED) is 0.0365. The van der Waals surface area contributed by atoms with Crippen LogP contribution in [0.2, 0.25) is 0 Å². The molecule has 0 aromatic rings. The molecular weight excluding hydrogens is 514 g/mol. The standard InChI is InChI=1S/C23H45N9O7/c24-11-3-1-6-15(30-19(35)14(26)9-10-18(33)34)20(36)31-16(8-5-13-29-23(27)28)21(37)32-17(22(38)39)7-2-4-12-25/h14-17H,1-13,24-26H2,(H,30,35)(H,31,36)(H,32,37)(H,33,34)(H,38,39)(H4,27,28,29)/t14-,15-,16-,17-/m0/s1. The molecule has 15 N–H and O–H groups in total. The van der Waals surface area contributed by atoms with Gasteiger partial charge in [0.2, 0.25) is 17.7 Å². The summed E-state index contributed by atoms with van der Waals surface area (Å²) in [6.07, 6.45) is 2.34. The first kappa shape index (κ1) is 35.5. The summed E-state index contributed by atoms with van der Waals surface area (Å²) < 4.78 is 0. The first-order valence-electron chi connectivity index (χ1n) is 13.0. The molecule has 16 nitrogen and oxygen atoms in total. The maximum atomic E-state index is 13.2. The molecule has 0 aliphatic heterocycles. The molecular formula is C23H45N9O7. The molecule has 0 aromatic heterocycles. The average molecular weight is 560 g/mol. The number of hydrogen-bond acceptors (Lipinski definition) is 9. The first-order chi connectivity index (χ1) is 18.4. The molecule has 0 spiro atoms.